The van der Waals surface area contributed by atoms with Crippen molar-refractivity contribution in [1.82, 2.24) is 0 Å². The van der Waals surface area contributed by atoms with Crippen LogP contribution in [0.2, 0.25) is 0 Å². The van der Waals surface area contributed by atoms with Gasteiger partial charge in [-0.05, 0) is 19.8 Å². The zero-order valence-electron chi connectivity index (χ0n) is 19.1. The quantitative estimate of drug-likeness (QED) is 0.0844. The first-order valence-corrected chi connectivity index (χ1v) is 12.3. The Hall–Kier alpha value is -1.05. The summed E-state index contributed by atoms with van der Waals surface area (Å²) in [5, 5.41) is 0. The Labute approximate surface area is 176 Å². The molecule has 0 unspecified atom stereocenters. The molecule has 0 saturated heterocycles. The minimum Gasteiger partial charge on any atom is -0.463 e. The molecule has 0 fully saturated rings. The molecule has 0 saturated carbocycles. The highest BCUT2D eigenvalue weighted by molar-refractivity contribution is 5.82. The normalized spacial score (nSPS) is 11.6. The Bertz CT molecular complexity index is 371. The molecule has 0 rings (SSSR count). The lowest BCUT2D eigenvalue weighted by atomic mass is 10.0. The monoisotopic (exact) mass is 392 g/mol. The summed E-state index contributed by atoms with van der Waals surface area (Å²) in [6.45, 7) is 4.54. The Kier molecular flexibility index (Phi) is 23.1. The smallest absolute Gasteiger partial charge is 0.330 e. The largest absolute Gasteiger partial charge is 0.463 e. The van der Waals surface area contributed by atoms with Crippen molar-refractivity contribution in [3.8, 4) is 0 Å². The molecule has 0 spiro atoms. The predicted molar refractivity (Wildman–Crippen MR) is 124 cm³/mol. The molecular weight excluding hydrogens is 344 g/mol. The third-order valence-corrected chi connectivity index (χ3v) is 5.24. The summed E-state index contributed by atoms with van der Waals surface area (Å²) in [4.78, 5) is 11.1. The fraction of sp³-hybridized carbons (Fsp3) is 0.808. The van der Waals surface area contributed by atoms with Crippen LogP contribution in [0.15, 0.2) is 24.3 Å². The number of esters is 1. The molecule has 28 heavy (non-hydrogen) atoms. The van der Waals surface area contributed by atoms with Crippen LogP contribution in [0, 0.1) is 0 Å². The summed E-state index contributed by atoms with van der Waals surface area (Å²) in [5.74, 6) is -0.259. The van der Waals surface area contributed by atoms with Gasteiger partial charge in [0.25, 0.3) is 0 Å². The van der Waals surface area contributed by atoms with Gasteiger partial charge in [0.1, 0.15) is 0 Å². The van der Waals surface area contributed by atoms with Crippen molar-refractivity contribution >= 4 is 5.97 Å². The van der Waals surface area contributed by atoms with Gasteiger partial charge >= 0.3 is 5.97 Å². The number of carbonyl (C=O) groups excluding carboxylic acids is 1. The van der Waals surface area contributed by atoms with E-state index < -0.39 is 0 Å². The fourth-order valence-electron chi connectivity index (χ4n) is 3.49. The van der Waals surface area contributed by atoms with Crippen LogP contribution in [-0.2, 0) is 9.53 Å². The van der Waals surface area contributed by atoms with Crippen molar-refractivity contribution in [2.45, 2.75) is 129 Å². The van der Waals surface area contributed by atoms with Gasteiger partial charge in [-0.3, -0.25) is 0 Å². The number of carbonyl (C=O) groups is 1. The van der Waals surface area contributed by atoms with Gasteiger partial charge in [0.05, 0.1) is 6.61 Å². The lowest BCUT2D eigenvalue weighted by Crippen LogP contribution is -1.98. The number of hydrogen-bond donors (Lipinski definition) is 0. The van der Waals surface area contributed by atoms with Gasteiger partial charge in [-0.25, -0.2) is 4.79 Å². The van der Waals surface area contributed by atoms with Crippen LogP contribution in [0.3, 0.4) is 0 Å². The van der Waals surface area contributed by atoms with Crippen LogP contribution in [0.25, 0.3) is 0 Å². The van der Waals surface area contributed by atoms with E-state index in [1.807, 2.05) is 13.0 Å². The maximum absolute atomic E-state index is 11.1. The second-order valence-corrected chi connectivity index (χ2v) is 7.98. The molecule has 0 aliphatic carbocycles. The highest BCUT2D eigenvalue weighted by Crippen LogP contribution is 2.14. The van der Waals surface area contributed by atoms with Gasteiger partial charge in [0, 0.05) is 6.08 Å². The van der Waals surface area contributed by atoms with Crippen LogP contribution in [0.1, 0.15) is 129 Å². The maximum Gasteiger partial charge on any atom is 0.330 e. The summed E-state index contributed by atoms with van der Waals surface area (Å²) in [5.41, 5.74) is 0. The zero-order chi connectivity index (χ0) is 20.5. The van der Waals surface area contributed by atoms with Crippen molar-refractivity contribution in [1.29, 1.82) is 0 Å². The first kappa shape index (κ1) is 27.0. The Morgan fingerprint density at radius 3 is 1.46 bits per heavy atom. The van der Waals surface area contributed by atoms with E-state index in [9.17, 15) is 4.79 Å². The van der Waals surface area contributed by atoms with Gasteiger partial charge < -0.3 is 4.74 Å². The molecule has 2 heteroatoms. The molecule has 164 valence electrons. The molecule has 0 aliphatic rings. The van der Waals surface area contributed by atoms with Crippen molar-refractivity contribution in [3.63, 3.8) is 0 Å². The minimum atomic E-state index is -0.259. The molecule has 0 amide bonds. The van der Waals surface area contributed by atoms with Crippen LogP contribution in [0.5, 0.6) is 0 Å². The fourth-order valence-corrected chi connectivity index (χ4v) is 3.49. The highest BCUT2D eigenvalue weighted by atomic mass is 16.5. The summed E-state index contributed by atoms with van der Waals surface area (Å²) in [7, 11) is 0. The summed E-state index contributed by atoms with van der Waals surface area (Å²) < 4.78 is 4.83. The second kappa shape index (κ2) is 24.0. The van der Waals surface area contributed by atoms with Gasteiger partial charge in [-0.15, -0.1) is 0 Å². The topological polar surface area (TPSA) is 26.3 Å². The molecular formula is C26H48O2. The second-order valence-electron chi connectivity index (χ2n) is 7.98. The number of ether oxygens (including phenoxy) is 1. The van der Waals surface area contributed by atoms with Crippen LogP contribution in [-0.4, -0.2) is 12.6 Å². The summed E-state index contributed by atoms with van der Waals surface area (Å²) >= 11 is 0. The number of rotatable bonds is 21. The molecule has 0 aromatic carbocycles. The minimum absolute atomic E-state index is 0.259. The van der Waals surface area contributed by atoms with Gasteiger partial charge in [-0.2, -0.15) is 0 Å². The molecule has 0 aliphatic heterocycles. The van der Waals surface area contributed by atoms with E-state index in [2.05, 4.69) is 13.0 Å². The van der Waals surface area contributed by atoms with Crippen LogP contribution >= 0.6 is 0 Å². The van der Waals surface area contributed by atoms with Crippen molar-refractivity contribution in [2.75, 3.05) is 6.61 Å². The Morgan fingerprint density at radius 1 is 0.607 bits per heavy atom. The number of allylic oxidation sites excluding steroid dienone is 3. The average molecular weight is 393 g/mol. The van der Waals surface area contributed by atoms with Crippen molar-refractivity contribution in [2.24, 2.45) is 0 Å². The molecule has 0 N–H and O–H groups in total. The molecule has 0 atom stereocenters. The van der Waals surface area contributed by atoms with E-state index in [1.54, 1.807) is 6.08 Å². The van der Waals surface area contributed by atoms with Gasteiger partial charge in [-0.1, -0.05) is 128 Å². The number of hydrogen-bond acceptors (Lipinski definition) is 2. The zero-order valence-corrected chi connectivity index (χ0v) is 19.1. The van der Waals surface area contributed by atoms with Gasteiger partial charge in [0.15, 0.2) is 0 Å². The lowest BCUT2D eigenvalue weighted by molar-refractivity contribution is -0.137. The lowest BCUT2D eigenvalue weighted by Gasteiger charge is -2.03. The van der Waals surface area contributed by atoms with E-state index in [-0.39, 0.29) is 5.97 Å². The van der Waals surface area contributed by atoms with Gasteiger partial charge in [0.2, 0.25) is 0 Å². The standard InChI is InChI=1S/C26H48O2/c1-3-5-6-7-8-9-10-11-12-13-14-15-16-17-18-19-20-21-22-23-24-25-26(27)28-4-2/h22-25H,3-21H2,1-2H3. The summed E-state index contributed by atoms with van der Waals surface area (Å²) in [6, 6.07) is 0. The SMILES string of the molecule is CCCCCCCCCCCCCCCCCCCC=CC=CC(=O)OCC. The van der Waals surface area contributed by atoms with E-state index in [1.165, 1.54) is 115 Å². The predicted octanol–water partition coefficient (Wildman–Crippen LogP) is 8.70. The third kappa shape index (κ3) is 23.0. The molecule has 0 aromatic heterocycles. The first-order valence-electron chi connectivity index (χ1n) is 12.3. The molecule has 2 nitrogen and oxygen atoms in total. The number of unbranched alkanes of at least 4 members (excludes halogenated alkanes) is 17. The van der Waals surface area contributed by atoms with E-state index in [4.69, 9.17) is 4.74 Å². The molecule has 0 aromatic rings. The van der Waals surface area contributed by atoms with Crippen molar-refractivity contribution in [3.05, 3.63) is 24.3 Å². The third-order valence-electron chi connectivity index (χ3n) is 5.24. The molecule has 0 heterocycles. The summed E-state index contributed by atoms with van der Waals surface area (Å²) in [6.07, 6.45) is 32.5. The average Bonchev–Trinajstić information content (AvgIpc) is 2.69. The van der Waals surface area contributed by atoms with Crippen LogP contribution in [0.4, 0.5) is 0 Å². The maximum atomic E-state index is 11.1. The van der Waals surface area contributed by atoms with E-state index in [0.717, 1.165) is 6.42 Å². The van der Waals surface area contributed by atoms with E-state index in [0.29, 0.717) is 6.61 Å². The Balaban J connectivity index is 3.15. The van der Waals surface area contributed by atoms with E-state index >= 15 is 0 Å². The molecule has 0 bridgehead atoms. The first-order chi connectivity index (χ1) is 13.8. The Morgan fingerprint density at radius 2 is 1.04 bits per heavy atom. The highest BCUT2D eigenvalue weighted by Gasteiger charge is 1.94. The molecule has 0 radical (unpaired) electrons. The van der Waals surface area contributed by atoms with Crippen molar-refractivity contribution < 1.29 is 9.53 Å². The van der Waals surface area contributed by atoms with Crippen LogP contribution < -0.4 is 0 Å².